The largest absolute Gasteiger partial charge is 0.394 e. The van der Waals surface area contributed by atoms with Crippen LogP contribution in [0, 0.1) is 0 Å². The first-order valence-corrected chi connectivity index (χ1v) is 4.88. The Labute approximate surface area is 96.3 Å². The molecule has 1 aromatic heterocycles. The van der Waals surface area contributed by atoms with E-state index in [1.165, 1.54) is 0 Å². The Hall–Kier alpha value is -2.01. The predicted molar refractivity (Wildman–Crippen MR) is 63.7 cm³/mol. The summed E-state index contributed by atoms with van der Waals surface area (Å²) < 4.78 is 1.12. The Morgan fingerprint density at radius 1 is 1.19 bits per heavy atom. The van der Waals surface area contributed by atoms with Crippen molar-refractivity contribution in [2.24, 2.45) is 0 Å². The summed E-state index contributed by atoms with van der Waals surface area (Å²) in [7, 11) is 0. The fourth-order valence-electron chi connectivity index (χ4n) is 1.27. The van der Waals surface area contributed by atoms with E-state index in [1.807, 2.05) is 6.07 Å². The zero-order chi connectivity index (χ0) is 11.7. The summed E-state index contributed by atoms with van der Waals surface area (Å²) in [5.74, 6) is 0.0356. The molecule has 0 bridgehead atoms. The monoisotopic (exact) mass is 236 g/mol. The molecule has 6 heteroatoms. The van der Waals surface area contributed by atoms with Crippen LogP contribution in [0.15, 0.2) is 35.1 Å². The molecule has 0 fully saturated rings. The van der Waals surface area contributed by atoms with E-state index in [1.54, 1.807) is 24.3 Å². The molecule has 0 radical (unpaired) electrons. The van der Waals surface area contributed by atoms with Crippen LogP contribution in [0.3, 0.4) is 0 Å². The van der Waals surface area contributed by atoms with Gasteiger partial charge in [-0.25, -0.2) is 0 Å². The summed E-state index contributed by atoms with van der Waals surface area (Å²) in [6, 6.07) is 8.84. The number of nitrogen functional groups attached to an aromatic ring is 2. The molecular weight excluding hydrogens is 228 g/mol. The smallest absolute Gasteiger partial charge is 0.292 e. The van der Waals surface area contributed by atoms with Gasteiger partial charge < -0.3 is 11.5 Å². The average Bonchev–Trinajstić information content (AvgIpc) is 2.32. The lowest BCUT2D eigenvalue weighted by Crippen LogP contribution is -2.24. The maximum atomic E-state index is 11.8. The van der Waals surface area contributed by atoms with Gasteiger partial charge in [0.15, 0.2) is 5.82 Å². The molecule has 0 aliphatic carbocycles. The zero-order valence-corrected chi connectivity index (χ0v) is 8.98. The molecule has 1 heterocycles. The Morgan fingerprint density at radius 3 is 2.44 bits per heavy atom. The van der Waals surface area contributed by atoms with Crippen LogP contribution in [0.25, 0.3) is 5.69 Å². The standard InChI is InChI=1S/C10H9ClN4O/c11-7-8(12)9(13)14-15(10(7)16)6-4-2-1-3-5-6/h1-5H,12H2,(H2,13,14). The quantitative estimate of drug-likeness (QED) is 0.775. The van der Waals surface area contributed by atoms with Crippen molar-refractivity contribution < 1.29 is 0 Å². The second kappa shape index (κ2) is 3.86. The number of hydrogen-bond acceptors (Lipinski definition) is 4. The van der Waals surface area contributed by atoms with Gasteiger partial charge in [-0.1, -0.05) is 29.8 Å². The number of para-hydroxylation sites is 1. The summed E-state index contributed by atoms with van der Waals surface area (Å²) in [5.41, 5.74) is 11.2. The van der Waals surface area contributed by atoms with Gasteiger partial charge in [-0.2, -0.15) is 4.68 Å². The van der Waals surface area contributed by atoms with Gasteiger partial charge >= 0.3 is 0 Å². The molecule has 0 atom stereocenters. The van der Waals surface area contributed by atoms with Gasteiger partial charge in [0, 0.05) is 0 Å². The van der Waals surface area contributed by atoms with Crippen LogP contribution in [0.2, 0.25) is 5.02 Å². The molecule has 0 unspecified atom stereocenters. The number of halogens is 1. The van der Waals surface area contributed by atoms with E-state index in [0.717, 1.165) is 4.68 Å². The highest BCUT2D eigenvalue weighted by molar-refractivity contribution is 6.33. The van der Waals surface area contributed by atoms with Crippen molar-refractivity contribution in [2.45, 2.75) is 0 Å². The summed E-state index contributed by atoms with van der Waals surface area (Å²) in [4.78, 5) is 11.8. The lowest BCUT2D eigenvalue weighted by Gasteiger charge is -2.07. The first-order chi connectivity index (χ1) is 7.61. The van der Waals surface area contributed by atoms with Crippen molar-refractivity contribution in [1.82, 2.24) is 9.78 Å². The SMILES string of the molecule is Nc1nn(-c2ccccc2)c(=O)c(Cl)c1N. The lowest BCUT2D eigenvalue weighted by atomic mass is 10.3. The van der Waals surface area contributed by atoms with Gasteiger partial charge in [-0.05, 0) is 12.1 Å². The number of rotatable bonds is 1. The second-order valence-corrected chi connectivity index (χ2v) is 3.54. The van der Waals surface area contributed by atoms with Crippen molar-refractivity contribution in [2.75, 3.05) is 11.5 Å². The highest BCUT2D eigenvalue weighted by atomic mass is 35.5. The number of hydrogen-bond donors (Lipinski definition) is 2. The van der Waals surface area contributed by atoms with Crippen LogP contribution in [-0.2, 0) is 0 Å². The van der Waals surface area contributed by atoms with Crippen LogP contribution >= 0.6 is 11.6 Å². The molecule has 2 aromatic rings. The Bertz CT molecular complexity index is 579. The summed E-state index contributed by atoms with van der Waals surface area (Å²) in [6.07, 6.45) is 0. The number of anilines is 2. The van der Waals surface area contributed by atoms with Crippen molar-refractivity contribution >= 4 is 23.1 Å². The summed E-state index contributed by atoms with van der Waals surface area (Å²) in [6.45, 7) is 0. The number of nitrogens with zero attached hydrogens (tertiary/aromatic N) is 2. The highest BCUT2D eigenvalue weighted by Gasteiger charge is 2.11. The number of aromatic nitrogens is 2. The van der Waals surface area contributed by atoms with Crippen molar-refractivity contribution in [3.63, 3.8) is 0 Å². The lowest BCUT2D eigenvalue weighted by molar-refractivity contribution is 0.817. The molecule has 4 N–H and O–H groups in total. The topological polar surface area (TPSA) is 86.9 Å². The first kappa shape index (κ1) is 10.5. The molecule has 0 saturated carbocycles. The molecule has 0 spiro atoms. The molecule has 2 rings (SSSR count). The van der Waals surface area contributed by atoms with E-state index in [9.17, 15) is 4.79 Å². The van der Waals surface area contributed by atoms with Gasteiger partial charge in [0.2, 0.25) is 0 Å². The maximum Gasteiger partial charge on any atom is 0.292 e. The van der Waals surface area contributed by atoms with E-state index in [0.29, 0.717) is 5.69 Å². The predicted octanol–water partition coefficient (Wildman–Crippen LogP) is 1.05. The first-order valence-electron chi connectivity index (χ1n) is 4.50. The van der Waals surface area contributed by atoms with Crippen LogP contribution in [-0.4, -0.2) is 9.78 Å². The molecule has 0 aliphatic heterocycles. The van der Waals surface area contributed by atoms with Gasteiger partial charge in [0.05, 0.1) is 5.69 Å². The second-order valence-electron chi connectivity index (χ2n) is 3.17. The third-order valence-corrected chi connectivity index (χ3v) is 2.47. The van der Waals surface area contributed by atoms with E-state index in [-0.39, 0.29) is 16.5 Å². The van der Waals surface area contributed by atoms with Gasteiger partial charge in [-0.15, -0.1) is 5.10 Å². The molecule has 1 aromatic carbocycles. The molecule has 16 heavy (non-hydrogen) atoms. The number of benzene rings is 1. The molecular formula is C10H9ClN4O. The summed E-state index contributed by atoms with van der Waals surface area (Å²) in [5, 5.41) is 3.76. The minimum absolute atomic E-state index is 0.0128. The molecule has 5 nitrogen and oxygen atoms in total. The van der Waals surface area contributed by atoms with Crippen LogP contribution in [0.4, 0.5) is 11.5 Å². The van der Waals surface area contributed by atoms with Gasteiger partial charge in [0.1, 0.15) is 10.7 Å². The molecule has 0 aliphatic rings. The number of nitrogens with two attached hydrogens (primary N) is 2. The maximum absolute atomic E-state index is 11.8. The third-order valence-electron chi connectivity index (χ3n) is 2.10. The van der Waals surface area contributed by atoms with Crippen LogP contribution < -0.4 is 17.0 Å². The van der Waals surface area contributed by atoms with Crippen molar-refractivity contribution in [3.05, 3.63) is 45.7 Å². The Kier molecular flexibility index (Phi) is 2.54. The van der Waals surface area contributed by atoms with E-state index >= 15 is 0 Å². The third kappa shape index (κ3) is 1.61. The van der Waals surface area contributed by atoms with Crippen LogP contribution in [0.1, 0.15) is 0 Å². The van der Waals surface area contributed by atoms with Gasteiger partial charge in [-0.3, -0.25) is 4.79 Å². The normalized spacial score (nSPS) is 10.3. The van der Waals surface area contributed by atoms with Crippen molar-refractivity contribution in [1.29, 1.82) is 0 Å². The van der Waals surface area contributed by atoms with Gasteiger partial charge in [0.25, 0.3) is 5.56 Å². The minimum atomic E-state index is -0.487. The van der Waals surface area contributed by atoms with E-state index in [4.69, 9.17) is 23.1 Å². The zero-order valence-electron chi connectivity index (χ0n) is 8.22. The average molecular weight is 237 g/mol. The van der Waals surface area contributed by atoms with Crippen LogP contribution in [0.5, 0.6) is 0 Å². The molecule has 0 amide bonds. The van der Waals surface area contributed by atoms with E-state index < -0.39 is 5.56 Å². The fourth-order valence-corrected chi connectivity index (χ4v) is 1.45. The Balaban J connectivity index is 2.73. The van der Waals surface area contributed by atoms with E-state index in [2.05, 4.69) is 5.10 Å². The highest BCUT2D eigenvalue weighted by Crippen LogP contribution is 2.19. The fraction of sp³-hybridized carbons (Fsp3) is 0. The molecule has 0 saturated heterocycles. The minimum Gasteiger partial charge on any atom is -0.394 e. The summed E-state index contributed by atoms with van der Waals surface area (Å²) >= 11 is 5.76. The molecule has 82 valence electrons. The van der Waals surface area contributed by atoms with Crippen molar-refractivity contribution in [3.8, 4) is 5.69 Å². The Morgan fingerprint density at radius 2 is 1.81 bits per heavy atom.